The Hall–Kier alpha value is -0.920. The van der Waals surface area contributed by atoms with Crippen molar-refractivity contribution in [1.82, 2.24) is 0 Å². The van der Waals surface area contributed by atoms with Gasteiger partial charge in [-0.1, -0.05) is 0 Å². The smallest absolute Gasteiger partial charge is 0.249 e. The molecule has 1 aromatic carbocycles. The number of halogens is 1. The van der Waals surface area contributed by atoms with Crippen LogP contribution in [0.3, 0.4) is 0 Å². The number of hydrogen-bond acceptors (Lipinski definition) is 3. The van der Waals surface area contributed by atoms with E-state index in [4.69, 9.17) is 10.9 Å². The van der Waals surface area contributed by atoms with E-state index in [9.17, 15) is 13.2 Å². The fraction of sp³-hybridized carbons (Fsp3) is 0. The van der Waals surface area contributed by atoms with Crippen LogP contribution < -0.4 is 10.9 Å². The van der Waals surface area contributed by atoms with Gasteiger partial charge in [0.25, 0.3) is 0 Å². The molecule has 0 unspecified atom stereocenters. The van der Waals surface area contributed by atoms with Gasteiger partial charge in [-0.25, -0.2) is 13.6 Å². The Morgan fingerprint density at radius 3 is 2.36 bits per heavy atom. The second-order valence-electron chi connectivity index (χ2n) is 2.55. The molecule has 0 saturated carbocycles. The van der Waals surface area contributed by atoms with Gasteiger partial charge < -0.3 is 5.73 Å². The van der Waals surface area contributed by atoms with Crippen molar-refractivity contribution < 1.29 is 13.2 Å². The summed E-state index contributed by atoms with van der Waals surface area (Å²) in [5.74, 6) is -0.720. The first-order valence-electron chi connectivity index (χ1n) is 3.44. The van der Waals surface area contributed by atoms with Gasteiger partial charge in [0.2, 0.25) is 15.9 Å². The van der Waals surface area contributed by atoms with Crippen molar-refractivity contribution in [2.45, 2.75) is 4.90 Å². The summed E-state index contributed by atoms with van der Waals surface area (Å²) < 4.78 is 22.3. The largest absolute Gasteiger partial charge is 0.366 e. The molecule has 0 fully saturated rings. The minimum Gasteiger partial charge on any atom is -0.366 e. The molecule has 5 nitrogen and oxygen atoms in total. The number of hydrogen-bond donors (Lipinski definition) is 2. The number of sulfonamides is 1. The predicted octanol–water partition coefficient (Wildman–Crippen LogP) is 0.195. The Bertz CT molecular complexity index is 484. The quantitative estimate of drug-likeness (QED) is 0.807. The molecule has 0 aliphatic rings. The zero-order chi connectivity index (χ0) is 10.9. The standard InChI is InChI=1S/C7H7BrN2O3S/c8-6-2-1-4(14(10,12)13)3-5(6)7(9)11/h1-3H,(H2,9,11)(H2,10,12,13). The number of rotatable bonds is 2. The zero-order valence-corrected chi connectivity index (χ0v) is 9.30. The molecular formula is C7H7BrN2O3S. The summed E-state index contributed by atoms with van der Waals surface area (Å²) >= 11 is 3.06. The van der Waals surface area contributed by atoms with E-state index < -0.39 is 15.9 Å². The second kappa shape index (κ2) is 3.68. The average molecular weight is 279 g/mol. The first-order chi connectivity index (χ1) is 6.32. The molecule has 0 spiro atoms. The Morgan fingerprint density at radius 1 is 1.36 bits per heavy atom. The molecule has 0 atom stereocenters. The van der Waals surface area contributed by atoms with E-state index in [1.807, 2.05) is 0 Å². The lowest BCUT2D eigenvalue weighted by molar-refractivity contribution is 0.0999. The van der Waals surface area contributed by atoms with Crippen molar-refractivity contribution in [3.05, 3.63) is 28.2 Å². The first kappa shape index (κ1) is 11.2. The summed E-state index contributed by atoms with van der Waals surface area (Å²) in [4.78, 5) is 10.7. The van der Waals surface area contributed by atoms with Gasteiger partial charge in [-0.15, -0.1) is 0 Å². The second-order valence-corrected chi connectivity index (χ2v) is 4.97. The molecule has 0 aliphatic heterocycles. The zero-order valence-electron chi connectivity index (χ0n) is 6.90. The molecule has 0 bridgehead atoms. The summed E-state index contributed by atoms with van der Waals surface area (Å²) in [6.07, 6.45) is 0. The van der Waals surface area contributed by atoms with E-state index in [2.05, 4.69) is 15.9 Å². The number of carbonyl (C=O) groups is 1. The molecule has 1 rings (SSSR count). The summed E-state index contributed by atoms with van der Waals surface area (Å²) in [7, 11) is -3.80. The van der Waals surface area contributed by atoms with Gasteiger partial charge >= 0.3 is 0 Å². The van der Waals surface area contributed by atoms with Crippen molar-refractivity contribution in [2.75, 3.05) is 0 Å². The first-order valence-corrected chi connectivity index (χ1v) is 5.78. The highest BCUT2D eigenvalue weighted by atomic mass is 79.9. The fourth-order valence-electron chi connectivity index (χ4n) is 0.870. The predicted molar refractivity (Wildman–Crippen MR) is 54.0 cm³/mol. The van der Waals surface area contributed by atoms with Crippen LogP contribution in [0.15, 0.2) is 27.6 Å². The average Bonchev–Trinajstić information content (AvgIpc) is 2.02. The third-order valence-electron chi connectivity index (χ3n) is 1.53. The SMILES string of the molecule is NC(=O)c1cc(S(N)(=O)=O)ccc1Br. The van der Waals surface area contributed by atoms with E-state index in [1.165, 1.54) is 12.1 Å². The third-order valence-corrected chi connectivity index (χ3v) is 3.13. The van der Waals surface area contributed by atoms with Crippen LogP contribution in [0.5, 0.6) is 0 Å². The van der Waals surface area contributed by atoms with E-state index in [-0.39, 0.29) is 10.5 Å². The molecule has 0 aliphatic carbocycles. The normalized spacial score (nSPS) is 11.3. The number of primary amides is 1. The van der Waals surface area contributed by atoms with Gasteiger partial charge in [0.15, 0.2) is 0 Å². The number of carbonyl (C=O) groups excluding carboxylic acids is 1. The third kappa shape index (κ3) is 2.31. The van der Waals surface area contributed by atoms with E-state index in [1.54, 1.807) is 0 Å². The van der Waals surface area contributed by atoms with Gasteiger partial charge in [-0.05, 0) is 34.1 Å². The van der Waals surface area contributed by atoms with E-state index in [0.29, 0.717) is 4.47 Å². The minimum absolute atomic E-state index is 0.0801. The highest BCUT2D eigenvalue weighted by Gasteiger charge is 2.13. The molecule has 1 amide bonds. The number of amides is 1. The molecule has 4 N–H and O–H groups in total. The highest BCUT2D eigenvalue weighted by Crippen LogP contribution is 2.19. The van der Waals surface area contributed by atoms with Crippen molar-refractivity contribution in [2.24, 2.45) is 10.9 Å². The monoisotopic (exact) mass is 278 g/mol. The maximum absolute atomic E-state index is 10.9. The number of nitrogens with two attached hydrogens (primary N) is 2. The maximum Gasteiger partial charge on any atom is 0.249 e. The number of primary sulfonamides is 1. The Labute approximate surface area is 89.3 Å². The molecule has 1 aromatic rings. The maximum atomic E-state index is 10.9. The summed E-state index contributed by atoms with van der Waals surface area (Å²) in [6, 6.07) is 3.81. The molecule has 76 valence electrons. The van der Waals surface area contributed by atoms with E-state index in [0.717, 1.165) is 6.07 Å². The van der Waals surface area contributed by atoms with Crippen molar-refractivity contribution >= 4 is 31.9 Å². The summed E-state index contributed by atoms with van der Waals surface area (Å²) in [5.41, 5.74) is 5.10. The Kier molecular flexibility index (Phi) is 2.93. The van der Waals surface area contributed by atoms with Crippen molar-refractivity contribution in [3.63, 3.8) is 0 Å². The van der Waals surface area contributed by atoms with Gasteiger partial charge in [-0.3, -0.25) is 4.79 Å². The van der Waals surface area contributed by atoms with Crippen LogP contribution in [0, 0.1) is 0 Å². The van der Waals surface area contributed by atoms with E-state index >= 15 is 0 Å². The molecule has 0 saturated heterocycles. The van der Waals surface area contributed by atoms with Crippen LogP contribution in [-0.4, -0.2) is 14.3 Å². The topological polar surface area (TPSA) is 103 Å². The fourth-order valence-corrected chi connectivity index (χ4v) is 1.85. The Morgan fingerprint density at radius 2 is 1.93 bits per heavy atom. The molecule has 0 heterocycles. The molecule has 0 radical (unpaired) electrons. The minimum atomic E-state index is -3.80. The molecule has 0 aromatic heterocycles. The van der Waals surface area contributed by atoms with Crippen LogP contribution in [-0.2, 0) is 10.0 Å². The van der Waals surface area contributed by atoms with Gasteiger partial charge in [0.1, 0.15) is 0 Å². The Balaban J connectivity index is 3.42. The molecular weight excluding hydrogens is 272 g/mol. The van der Waals surface area contributed by atoms with Gasteiger partial charge in [0, 0.05) is 4.47 Å². The van der Waals surface area contributed by atoms with Crippen LogP contribution >= 0.6 is 15.9 Å². The van der Waals surface area contributed by atoms with Crippen molar-refractivity contribution in [1.29, 1.82) is 0 Å². The lowest BCUT2D eigenvalue weighted by Gasteiger charge is -2.02. The van der Waals surface area contributed by atoms with Gasteiger partial charge in [0.05, 0.1) is 10.5 Å². The lowest BCUT2D eigenvalue weighted by atomic mass is 10.2. The lowest BCUT2D eigenvalue weighted by Crippen LogP contribution is -2.16. The molecule has 7 heteroatoms. The van der Waals surface area contributed by atoms with Crippen molar-refractivity contribution in [3.8, 4) is 0 Å². The van der Waals surface area contributed by atoms with Gasteiger partial charge in [-0.2, -0.15) is 0 Å². The van der Waals surface area contributed by atoms with Crippen LogP contribution in [0.2, 0.25) is 0 Å². The summed E-state index contributed by atoms with van der Waals surface area (Å²) in [6.45, 7) is 0. The molecule has 14 heavy (non-hydrogen) atoms. The van der Waals surface area contributed by atoms with Crippen LogP contribution in [0.4, 0.5) is 0 Å². The van der Waals surface area contributed by atoms with Crippen LogP contribution in [0.25, 0.3) is 0 Å². The van der Waals surface area contributed by atoms with Crippen LogP contribution in [0.1, 0.15) is 10.4 Å². The summed E-state index contributed by atoms with van der Waals surface area (Å²) in [5, 5.41) is 4.88. The highest BCUT2D eigenvalue weighted by molar-refractivity contribution is 9.10. The number of benzene rings is 1.